The van der Waals surface area contributed by atoms with Crippen molar-refractivity contribution >= 4 is 75.5 Å². The Labute approximate surface area is 247 Å². The lowest BCUT2D eigenvalue weighted by atomic mass is 9.95. The first-order chi connectivity index (χ1) is 19.6. The number of halogens is 2. The number of hydrogen-bond donors (Lipinski definition) is 2. The molecule has 2 N–H and O–H groups in total. The van der Waals surface area contributed by atoms with E-state index in [2.05, 4.69) is 163 Å². The zero-order chi connectivity index (χ0) is 26.8. The second-order valence-electron chi connectivity index (χ2n) is 10.3. The van der Waals surface area contributed by atoms with Gasteiger partial charge in [0.1, 0.15) is 0 Å². The van der Waals surface area contributed by atoms with E-state index in [1.54, 1.807) is 0 Å². The molecule has 0 unspecified atom stereocenters. The van der Waals surface area contributed by atoms with Gasteiger partial charge in [0.2, 0.25) is 0 Å². The Bertz CT molecular complexity index is 2090. The summed E-state index contributed by atoms with van der Waals surface area (Å²) in [5.74, 6) is 0. The summed E-state index contributed by atoms with van der Waals surface area (Å²) in [6.45, 7) is 0. The molecule has 190 valence electrons. The largest absolute Gasteiger partial charge is 0.355 e. The highest BCUT2D eigenvalue weighted by Gasteiger charge is 2.13. The van der Waals surface area contributed by atoms with Crippen molar-refractivity contribution in [1.29, 1.82) is 0 Å². The van der Waals surface area contributed by atoms with Crippen molar-refractivity contribution in [2.24, 2.45) is 0 Å². The van der Waals surface area contributed by atoms with Crippen molar-refractivity contribution in [3.8, 4) is 33.4 Å². The summed E-state index contributed by atoms with van der Waals surface area (Å²) < 4.78 is 2.13. The van der Waals surface area contributed by atoms with Crippen LogP contribution < -0.4 is 0 Å². The maximum Gasteiger partial charge on any atom is 0.0465 e. The second-order valence-corrected chi connectivity index (χ2v) is 12.0. The number of aromatic amines is 2. The van der Waals surface area contributed by atoms with Crippen LogP contribution in [-0.2, 0) is 0 Å². The van der Waals surface area contributed by atoms with E-state index in [1.165, 1.54) is 43.8 Å². The van der Waals surface area contributed by atoms with Gasteiger partial charge in [-0.25, -0.2) is 0 Å². The van der Waals surface area contributed by atoms with Crippen LogP contribution >= 0.6 is 31.9 Å². The highest BCUT2D eigenvalue weighted by molar-refractivity contribution is 9.11. The lowest BCUT2D eigenvalue weighted by molar-refractivity contribution is 1.52. The van der Waals surface area contributed by atoms with Gasteiger partial charge in [0.15, 0.2) is 0 Å². The van der Waals surface area contributed by atoms with Gasteiger partial charge in [-0.15, -0.1) is 0 Å². The molecule has 4 heteroatoms. The van der Waals surface area contributed by atoms with Gasteiger partial charge in [0.05, 0.1) is 0 Å². The SMILES string of the molecule is Brc1ccc(-c2ccc3[nH]c4ccccc4c3c2)cc1-c1cc(-c2ccc3[nH]c4ccccc4c3c2)ccc1Br. The van der Waals surface area contributed by atoms with E-state index >= 15 is 0 Å². The van der Waals surface area contributed by atoms with Crippen LogP contribution in [0.25, 0.3) is 77.0 Å². The summed E-state index contributed by atoms with van der Waals surface area (Å²) in [6, 6.07) is 43.6. The second kappa shape index (κ2) is 9.22. The molecular formula is C36H22Br2N2. The average Bonchev–Trinajstić information content (AvgIpc) is 3.55. The standard InChI is InChI=1S/C36H22Br2N2/c37-31-13-9-21(23-11-15-35-29(19-23)25-5-1-3-7-33(25)39-35)17-27(31)28-18-22(10-14-32(28)38)24-12-16-36-30(20-24)26-6-2-4-8-34(26)40-36/h1-20,39-40H. The molecule has 2 nitrogen and oxygen atoms in total. The zero-order valence-corrected chi connectivity index (χ0v) is 24.5. The van der Waals surface area contributed by atoms with Crippen molar-refractivity contribution in [3.63, 3.8) is 0 Å². The van der Waals surface area contributed by atoms with Crippen molar-refractivity contribution in [1.82, 2.24) is 9.97 Å². The lowest BCUT2D eigenvalue weighted by Gasteiger charge is -2.13. The van der Waals surface area contributed by atoms with Gasteiger partial charge in [-0.2, -0.15) is 0 Å². The van der Waals surface area contributed by atoms with Gasteiger partial charge in [-0.3, -0.25) is 0 Å². The van der Waals surface area contributed by atoms with Crippen LogP contribution in [0, 0.1) is 0 Å². The molecule has 0 radical (unpaired) electrons. The maximum atomic E-state index is 3.85. The van der Waals surface area contributed by atoms with E-state index in [1.807, 2.05) is 0 Å². The number of para-hydroxylation sites is 2. The molecule has 0 aliphatic rings. The third-order valence-electron chi connectivity index (χ3n) is 7.90. The predicted octanol–water partition coefficient (Wildman–Crippen LogP) is 11.5. The number of H-pyrrole nitrogens is 2. The summed E-state index contributed by atoms with van der Waals surface area (Å²) in [7, 11) is 0. The van der Waals surface area contributed by atoms with E-state index in [9.17, 15) is 0 Å². The van der Waals surface area contributed by atoms with Gasteiger partial charge >= 0.3 is 0 Å². The molecule has 8 rings (SSSR count). The molecule has 2 heterocycles. The van der Waals surface area contributed by atoms with Crippen molar-refractivity contribution in [3.05, 3.63) is 130 Å². The first kappa shape index (κ1) is 23.7. The highest BCUT2D eigenvalue weighted by Crippen LogP contribution is 2.40. The van der Waals surface area contributed by atoms with E-state index in [0.717, 1.165) is 42.1 Å². The minimum atomic E-state index is 1.06. The van der Waals surface area contributed by atoms with Gasteiger partial charge in [0, 0.05) is 52.6 Å². The Balaban J connectivity index is 1.24. The summed E-state index contributed by atoms with van der Waals surface area (Å²) in [4.78, 5) is 7.07. The Morgan fingerprint density at radius 2 is 0.725 bits per heavy atom. The van der Waals surface area contributed by atoms with Gasteiger partial charge in [-0.1, -0.05) is 92.5 Å². The summed E-state index contributed by atoms with van der Waals surface area (Å²) in [5, 5.41) is 4.99. The highest BCUT2D eigenvalue weighted by atomic mass is 79.9. The third kappa shape index (κ3) is 3.82. The number of rotatable bonds is 3. The third-order valence-corrected chi connectivity index (χ3v) is 9.28. The number of hydrogen-bond acceptors (Lipinski definition) is 0. The van der Waals surface area contributed by atoms with Crippen molar-refractivity contribution < 1.29 is 0 Å². The lowest BCUT2D eigenvalue weighted by Crippen LogP contribution is -1.87. The molecule has 0 saturated carbocycles. The minimum absolute atomic E-state index is 1.06. The molecule has 0 spiro atoms. The molecular weight excluding hydrogens is 620 g/mol. The van der Waals surface area contributed by atoms with Crippen LogP contribution in [0.15, 0.2) is 130 Å². The molecule has 0 atom stereocenters. The predicted molar refractivity (Wildman–Crippen MR) is 177 cm³/mol. The van der Waals surface area contributed by atoms with E-state index in [0.29, 0.717) is 0 Å². The van der Waals surface area contributed by atoms with Gasteiger partial charge < -0.3 is 9.97 Å². The molecule has 6 aromatic carbocycles. The topological polar surface area (TPSA) is 31.6 Å². The smallest absolute Gasteiger partial charge is 0.0465 e. The van der Waals surface area contributed by atoms with E-state index in [-0.39, 0.29) is 0 Å². The molecule has 8 aromatic rings. The zero-order valence-electron chi connectivity index (χ0n) is 21.3. The maximum absolute atomic E-state index is 3.85. The minimum Gasteiger partial charge on any atom is -0.355 e. The number of aromatic nitrogens is 2. The summed E-state index contributed by atoms with van der Waals surface area (Å²) in [5.41, 5.74) is 11.7. The van der Waals surface area contributed by atoms with E-state index in [4.69, 9.17) is 0 Å². The fourth-order valence-corrected chi connectivity index (χ4v) is 6.80. The van der Waals surface area contributed by atoms with Crippen LogP contribution in [0.1, 0.15) is 0 Å². The number of nitrogens with one attached hydrogen (secondary N) is 2. The Morgan fingerprint density at radius 3 is 1.20 bits per heavy atom. The molecule has 0 bridgehead atoms. The normalized spacial score (nSPS) is 11.8. The molecule has 0 aliphatic heterocycles. The average molecular weight is 642 g/mol. The monoisotopic (exact) mass is 640 g/mol. The fourth-order valence-electron chi connectivity index (χ4n) is 5.88. The van der Waals surface area contributed by atoms with Gasteiger partial charge in [0.25, 0.3) is 0 Å². The Kier molecular flexibility index (Phi) is 5.48. The molecule has 0 amide bonds. The molecule has 0 fully saturated rings. The Hall–Kier alpha value is -4.12. The van der Waals surface area contributed by atoms with Crippen molar-refractivity contribution in [2.45, 2.75) is 0 Å². The molecule has 40 heavy (non-hydrogen) atoms. The van der Waals surface area contributed by atoms with Crippen LogP contribution in [0.5, 0.6) is 0 Å². The first-order valence-electron chi connectivity index (χ1n) is 13.2. The van der Waals surface area contributed by atoms with Crippen LogP contribution in [0.3, 0.4) is 0 Å². The van der Waals surface area contributed by atoms with Crippen LogP contribution in [0.2, 0.25) is 0 Å². The molecule has 0 saturated heterocycles. The fraction of sp³-hybridized carbons (Fsp3) is 0. The van der Waals surface area contributed by atoms with E-state index < -0.39 is 0 Å². The summed E-state index contributed by atoms with van der Waals surface area (Å²) in [6.07, 6.45) is 0. The molecule has 0 aliphatic carbocycles. The first-order valence-corrected chi connectivity index (χ1v) is 14.8. The number of fused-ring (bicyclic) bond motifs is 6. The Morgan fingerprint density at radius 1 is 0.350 bits per heavy atom. The molecule has 2 aromatic heterocycles. The van der Waals surface area contributed by atoms with Crippen molar-refractivity contribution in [2.75, 3.05) is 0 Å². The van der Waals surface area contributed by atoms with Crippen LogP contribution in [-0.4, -0.2) is 9.97 Å². The van der Waals surface area contributed by atoms with Gasteiger partial charge in [-0.05, 0) is 94.0 Å². The number of benzene rings is 6. The quantitative estimate of drug-likeness (QED) is 0.192. The van der Waals surface area contributed by atoms with Crippen LogP contribution in [0.4, 0.5) is 0 Å². The summed E-state index contributed by atoms with van der Waals surface area (Å²) >= 11 is 7.69.